The standard InChI is InChI=1S/C24H27NO4/c26-21-16-19(29-22(27)9-6-14-25-12-4-1-5-13-25)15-18-11-10-17-7-2-3-8-20(17)24(28)23(18)21/h2-3,7-8,15-16,26H,1,4-6,9-14H2. The van der Waals surface area contributed by atoms with Crippen molar-refractivity contribution >= 4 is 11.8 Å². The van der Waals surface area contributed by atoms with Crippen LogP contribution in [0.5, 0.6) is 11.5 Å². The Bertz CT molecular complexity index is 915. The molecule has 0 amide bonds. The van der Waals surface area contributed by atoms with Crippen molar-refractivity contribution in [1.29, 1.82) is 0 Å². The molecule has 1 N–H and O–H groups in total. The molecule has 1 aliphatic carbocycles. The molecule has 0 bridgehead atoms. The molecule has 0 unspecified atom stereocenters. The molecule has 1 aliphatic heterocycles. The molecule has 0 atom stereocenters. The van der Waals surface area contributed by atoms with Crippen molar-refractivity contribution in [2.75, 3.05) is 19.6 Å². The second-order valence-corrected chi connectivity index (χ2v) is 7.94. The zero-order valence-corrected chi connectivity index (χ0v) is 16.7. The van der Waals surface area contributed by atoms with Crippen molar-refractivity contribution in [3.63, 3.8) is 0 Å². The third-order valence-corrected chi connectivity index (χ3v) is 5.86. The molecule has 5 nitrogen and oxygen atoms in total. The van der Waals surface area contributed by atoms with Gasteiger partial charge in [0.15, 0.2) is 5.78 Å². The van der Waals surface area contributed by atoms with E-state index in [-0.39, 0.29) is 17.5 Å². The van der Waals surface area contributed by atoms with Gasteiger partial charge in [0.05, 0.1) is 5.56 Å². The fourth-order valence-corrected chi connectivity index (χ4v) is 4.35. The van der Waals surface area contributed by atoms with Crippen LogP contribution in [0.1, 0.15) is 59.2 Å². The maximum absolute atomic E-state index is 12.9. The Kier molecular flexibility index (Phi) is 5.95. The van der Waals surface area contributed by atoms with Crippen molar-refractivity contribution in [1.82, 2.24) is 4.90 Å². The SMILES string of the molecule is O=C(CCCN1CCCCC1)Oc1cc(O)c2c(c1)CCc1ccccc1C2=O. The van der Waals surface area contributed by atoms with E-state index in [1.165, 1.54) is 25.3 Å². The van der Waals surface area contributed by atoms with E-state index < -0.39 is 0 Å². The van der Waals surface area contributed by atoms with Crippen molar-refractivity contribution in [3.8, 4) is 11.5 Å². The Morgan fingerprint density at radius 3 is 2.62 bits per heavy atom. The summed E-state index contributed by atoms with van der Waals surface area (Å²) in [6.45, 7) is 3.14. The van der Waals surface area contributed by atoms with E-state index in [1.807, 2.05) is 18.2 Å². The lowest BCUT2D eigenvalue weighted by molar-refractivity contribution is -0.134. The van der Waals surface area contributed by atoms with Gasteiger partial charge >= 0.3 is 5.97 Å². The van der Waals surface area contributed by atoms with Crippen LogP contribution in [-0.4, -0.2) is 41.4 Å². The Hall–Kier alpha value is -2.66. The minimum absolute atomic E-state index is 0.125. The topological polar surface area (TPSA) is 66.8 Å². The minimum atomic E-state index is -0.301. The van der Waals surface area contributed by atoms with Crippen LogP contribution in [0.4, 0.5) is 0 Å². The Morgan fingerprint density at radius 2 is 1.79 bits per heavy atom. The highest BCUT2D eigenvalue weighted by atomic mass is 16.5. The average Bonchev–Trinajstić information content (AvgIpc) is 2.86. The number of benzene rings is 2. The molecule has 152 valence electrons. The number of hydrogen-bond acceptors (Lipinski definition) is 5. The predicted octanol–water partition coefficient (Wildman–Crippen LogP) is 3.89. The number of phenolic OH excluding ortho intramolecular Hbond substituents is 1. The molecule has 0 radical (unpaired) electrons. The van der Waals surface area contributed by atoms with Gasteiger partial charge in [0.25, 0.3) is 0 Å². The van der Waals surface area contributed by atoms with Gasteiger partial charge in [-0.3, -0.25) is 9.59 Å². The second kappa shape index (κ2) is 8.78. The van der Waals surface area contributed by atoms with Gasteiger partial charge in [-0.15, -0.1) is 0 Å². The Morgan fingerprint density at radius 1 is 1.03 bits per heavy atom. The van der Waals surface area contributed by atoms with Gasteiger partial charge in [-0.2, -0.15) is 0 Å². The van der Waals surface area contributed by atoms with E-state index >= 15 is 0 Å². The number of ketones is 1. The van der Waals surface area contributed by atoms with Gasteiger partial charge in [0, 0.05) is 18.1 Å². The summed E-state index contributed by atoms with van der Waals surface area (Å²) >= 11 is 0. The quantitative estimate of drug-likeness (QED) is 0.617. The van der Waals surface area contributed by atoms with E-state index in [0.717, 1.165) is 37.2 Å². The molecule has 29 heavy (non-hydrogen) atoms. The smallest absolute Gasteiger partial charge is 0.311 e. The fraction of sp³-hybridized carbons (Fsp3) is 0.417. The van der Waals surface area contributed by atoms with Gasteiger partial charge in [-0.1, -0.05) is 30.7 Å². The first-order chi connectivity index (χ1) is 14.1. The summed E-state index contributed by atoms with van der Waals surface area (Å²) < 4.78 is 5.48. The fourth-order valence-electron chi connectivity index (χ4n) is 4.35. The van der Waals surface area contributed by atoms with Crippen molar-refractivity contribution in [2.24, 2.45) is 0 Å². The van der Waals surface area contributed by atoms with Crippen molar-refractivity contribution in [3.05, 3.63) is 58.7 Å². The zero-order valence-electron chi connectivity index (χ0n) is 16.7. The van der Waals surface area contributed by atoms with Gasteiger partial charge < -0.3 is 14.7 Å². The highest BCUT2D eigenvalue weighted by molar-refractivity contribution is 6.13. The molecular weight excluding hydrogens is 366 g/mol. The number of esters is 1. The third kappa shape index (κ3) is 4.51. The summed E-state index contributed by atoms with van der Waals surface area (Å²) in [4.78, 5) is 27.6. The molecule has 0 aromatic heterocycles. The predicted molar refractivity (Wildman–Crippen MR) is 111 cm³/mol. The van der Waals surface area contributed by atoms with Crippen LogP contribution in [0.15, 0.2) is 36.4 Å². The molecule has 0 saturated carbocycles. The molecule has 2 aliphatic rings. The van der Waals surface area contributed by atoms with Gasteiger partial charge in [-0.05, 0) is 68.9 Å². The van der Waals surface area contributed by atoms with Gasteiger partial charge in [-0.25, -0.2) is 0 Å². The summed E-state index contributed by atoms with van der Waals surface area (Å²) in [5.41, 5.74) is 2.65. The average molecular weight is 393 g/mol. The summed E-state index contributed by atoms with van der Waals surface area (Å²) in [5, 5.41) is 10.5. The largest absolute Gasteiger partial charge is 0.507 e. The molecule has 0 spiro atoms. The van der Waals surface area contributed by atoms with Crippen LogP contribution < -0.4 is 4.74 Å². The molecular formula is C24H27NO4. The first-order valence-corrected chi connectivity index (χ1v) is 10.5. The summed E-state index contributed by atoms with van der Waals surface area (Å²) in [6.07, 6.45) is 6.21. The molecule has 1 fully saturated rings. The molecule has 5 heteroatoms. The van der Waals surface area contributed by atoms with Gasteiger partial charge in [0.1, 0.15) is 11.5 Å². The number of ether oxygens (including phenoxy) is 1. The number of piperidine rings is 1. The lowest BCUT2D eigenvalue weighted by atomic mass is 9.98. The first-order valence-electron chi connectivity index (χ1n) is 10.5. The number of aryl methyl sites for hydroxylation is 2. The normalized spacial score (nSPS) is 16.6. The summed E-state index contributed by atoms with van der Waals surface area (Å²) in [6, 6.07) is 10.6. The number of likely N-dealkylation sites (tertiary alicyclic amines) is 1. The number of carbonyl (C=O) groups excluding carboxylic acids is 2. The Balaban J connectivity index is 1.42. The van der Waals surface area contributed by atoms with Crippen LogP contribution in [0, 0.1) is 0 Å². The number of rotatable bonds is 5. The van der Waals surface area contributed by atoms with E-state index in [0.29, 0.717) is 36.1 Å². The number of phenols is 1. The third-order valence-electron chi connectivity index (χ3n) is 5.86. The number of nitrogens with zero attached hydrogens (tertiary/aromatic N) is 1. The zero-order chi connectivity index (χ0) is 20.2. The molecule has 4 rings (SSSR count). The number of aromatic hydroxyl groups is 1. The van der Waals surface area contributed by atoms with Crippen LogP contribution in [0.3, 0.4) is 0 Å². The lowest BCUT2D eigenvalue weighted by Crippen LogP contribution is -2.31. The number of carbonyl (C=O) groups is 2. The molecule has 1 heterocycles. The lowest BCUT2D eigenvalue weighted by Gasteiger charge is -2.26. The number of hydrogen-bond donors (Lipinski definition) is 1. The van der Waals surface area contributed by atoms with Crippen LogP contribution in [-0.2, 0) is 17.6 Å². The molecule has 2 aromatic carbocycles. The van der Waals surface area contributed by atoms with Gasteiger partial charge in [0.2, 0.25) is 0 Å². The maximum atomic E-state index is 12.9. The summed E-state index contributed by atoms with van der Waals surface area (Å²) in [7, 11) is 0. The monoisotopic (exact) mass is 393 g/mol. The molecule has 2 aromatic rings. The summed E-state index contributed by atoms with van der Waals surface area (Å²) in [5.74, 6) is -0.294. The van der Waals surface area contributed by atoms with E-state index in [9.17, 15) is 14.7 Å². The van der Waals surface area contributed by atoms with Crippen molar-refractivity contribution in [2.45, 2.75) is 44.9 Å². The Labute approximate surface area is 171 Å². The highest BCUT2D eigenvalue weighted by Crippen LogP contribution is 2.34. The number of fused-ring (bicyclic) bond motifs is 2. The van der Waals surface area contributed by atoms with Crippen molar-refractivity contribution < 1.29 is 19.4 Å². The van der Waals surface area contributed by atoms with E-state index in [2.05, 4.69) is 4.90 Å². The van der Waals surface area contributed by atoms with Crippen LogP contribution in [0.25, 0.3) is 0 Å². The van der Waals surface area contributed by atoms with E-state index in [4.69, 9.17) is 4.74 Å². The molecule has 1 saturated heterocycles. The van der Waals surface area contributed by atoms with Crippen LogP contribution >= 0.6 is 0 Å². The van der Waals surface area contributed by atoms with E-state index in [1.54, 1.807) is 12.1 Å². The maximum Gasteiger partial charge on any atom is 0.311 e. The second-order valence-electron chi connectivity index (χ2n) is 7.94. The first kappa shape index (κ1) is 19.6. The highest BCUT2D eigenvalue weighted by Gasteiger charge is 2.25. The minimum Gasteiger partial charge on any atom is -0.507 e. The van der Waals surface area contributed by atoms with Crippen LogP contribution in [0.2, 0.25) is 0 Å².